The van der Waals surface area contributed by atoms with Gasteiger partial charge in [0.15, 0.2) is 0 Å². The van der Waals surface area contributed by atoms with Gasteiger partial charge in [0.25, 0.3) is 0 Å². The molecule has 55 heavy (non-hydrogen) atoms. The Balaban J connectivity index is 0.0000292. The Labute approximate surface area is 359 Å². The van der Waals surface area contributed by atoms with E-state index in [-0.39, 0.29) is 48.3 Å². The molecule has 1 aromatic carbocycles. The molecule has 1 rings (SSSR count). The average molecular weight is 797 g/mol. The number of unbranched alkanes of at least 4 members (excludes halogenated alkanes) is 26. The van der Waals surface area contributed by atoms with Crippen molar-refractivity contribution >= 4 is 22.1 Å². The van der Waals surface area contributed by atoms with E-state index in [0.29, 0.717) is 12.8 Å². The second-order valence-corrected chi connectivity index (χ2v) is 16.3. The molecule has 1 aromatic rings. The first-order valence-corrected chi connectivity index (χ1v) is 23.5. The third-order valence-corrected chi connectivity index (χ3v) is 10.9. The van der Waals surface area contributed by atoms with Crippen molar-refractivity contribution in [3.05, 3.63) is 53.6 Å². The summed E-state index contributed by atoms with van der Waals surface area (Å²) in [6.45, 7) is 4.71. The van der Waals surface area contributed by atoms with Gasteiger partial charge in [0, 0.05) is 0 Å². The van der Waals surface area contributed by atoms with Crippen LogP contribution in [0.3, 0.4) is 0 Å². The van der Waals surface area contributed by atoms with Crippen LogP contribution in [0.5, 0.6) is 0 Å². The SMILES string of the molecule is CCCCCCCCCCCC/C=C/CCCCCOC(=O)c1cccc(S(=O)(=O)[O-])c1C(=O)OCCCCC/C=C/CCCCCCCCCCCC.[Na+]. The zero-order valence-corrected chi connectivity index (χ0v) is 38.3. The van der Waals surface area contributed by atoms with Crippen LogP contribution in [0, 0.1) is 0 Å². The predicted octanol–water partition coefficient (Wildman–Crippen LogP) is 10.8. The number of benzene rings is 1. The minimum Gasteiger partial charge on any atom is -0.744 e. The fourth-order valence-electron chi connectivity index (χ4n) is 6.65. The molecule has 0 amide bonds. The van der Waals surface area contributed by atoms with Crippen LogP contribution in [0.1, 0.15) is 227 Å². The Morgan fingerprint density at radius 3 is 1.20 bits per heavy atom. The minimum atomic E-state index is -5.02. The maximum Gasteiger partial charge on any atom is 1.00 e. The van der Waals surface area contributed by atoms with Crippen LogP contribution in [-0.2, 0) is 19.6 Å². The summed E-state index contributed by atoms with van der Waals surface area (Å²) in [6, 6.07) is 3.60. The van der Waals surface area contributed by atoms with Crippen LogP contribution in [-0.4, -0.2) is 38.1 Å². The van der Waals surface area contributed by atoms with E-state index >= 15 is 0 Å². The topological polar surface area (TPSA) is 110 Å². The predicted molar refractivity (Wildman–Crippen MR) is 223 cm³/mol. The van der Waals surface area contributed by atoms with Crippen molar-refractivity contribution in [2.75, 3.05) is 13.2 Å². The summed E-state index contributed by atoms with van der Waals surface area (Å²) in [5.41, 5.74) is -0.806. The van der Waals surface area contributed by atoms with Crippen molar-refractivity contribution in [1.82, 2.24) is 0 Å². The molecule has 0 atom stereocenters. The van der Waals surface area contributed by atoms with Crippen LogP contribution in [0.4, 0.5) is 0 Å². The average Bonchev–Trinajstić information content (AvgIpc) is 3.16. The van der Waals surface area contributed by atoms with Crippen LogP contribution in [0.25, 0.3) is 0 Å². The fraction of sp³-hybridized carbons (Fsp3) is 0.739. The molecule has 0 aromatic heterocycles. The van der Waals surface area contributed by atoms with Gasteiger partial charge in [-0.05, 0) is 89.2 Å². The summed E-state index contributed by atoms with van der Waals surface area (Å²) in [7, 11) is -5.02. The number of carbonyl (C=O) groups excluding carboxylic acids is 2. The van der Waals surface area contributed by atoms with Crippen molar-refractivity contribution in [3.8, 4) is 0 Å². The number of esters is 2. The molecule has 0 aliphatic carbocycles. The molecule has 0 aliphatic rings. The molecule has 0 heterocycles. The number of allylic oxidation sites excluding steroid dienone is 4. The normalized spacial score (nSPS) is 11.7. The molecular weight excluding hydrogens is 720 g/mol. The zero-order valence-electron chi connectivity index (χ0n) is 35.4. The quantitative estimate of drug-likeness (QED) is 0.0217. The van der Waals surface area contributed by atoms with Crippen molar-refractivity contribution in [1.29, 1.82) is 0 Å². The van der Waals surface area contributed by atoms with E-state index in [1.807, 2.05) is 0 Å². The Hall–Kier alpha value is -1.45. The van der Waals surface area contributed by atoms with E-state index in [2.05, 4.69) is 38.2 Å². The molecule has 0 bridgehead atoms. The smallest absolute Gasteiger partial charge is 0.744 e. The van der Waals surface area contributed by atoms with Crippen molar-refractivity contribution < 1.29 is 61.6 Å². The van der Waals surface area contributed by atoms with Crippen molar-refractivity contribution in [2.45, 2.75) is 211 Å². The molecule has 9 heteroatoms. The van der Waals surface area contributed by atoms with Gasteiger partial charge in [0.05, 0.1) is 29.2 Å². The van der Waals surface area contributed by atoms with Crippen LogP contribution >= 0.6 is 0 Å². The molecule has 0 radical (unpaired) electrons. The third-order valence-electron chi connectivity index (χ3n) is 10.00. The van der Waals surface area contributed by atoms with Gasteiger partial charge in [0.2, 0.25) is 0 Å². The van der Waals surface area contributed by atoms with Gasteiger partial charge in [-0.15, -0.1) is 0 Å². The van der Waals surface area contributed by atoms with Gasteiger partial charge in [-0.3, -0.25) is 0 Å². The molecular formula is C46H77NaO7S. The Kier molecular flexibility index (Phi) is 37.1. The first kappa shape index (κ1) is 53.6. The maximum absolute atomic E-state index is 13.0. The van der Waals surface area contributed by atoms with Gasteiger partial charge in [-0.25, -0.2) is 18.0 Å². The number of carbonyl (C=O) groups is 2. The largest absolute Gasteiger partial charge is 1.00 e. The fourth-order valence-corrected chi connectivity index (χ4v) is 7.34. The third kappa shape index (κ3) is 30.3. The number of rotatable bonds is 37. The first-order chi connectivity index (χ1) is 26.3. The van der Waals surface area contributed by atoms with Crippen LogP contribution in [0.15, 0.2) is 47.4 Å². The second-order valence-electron chi connectivity index (χ2n) is 15.0. The van der Waals surface area contributed by atoms with E-state index in [0.717, 1.165) is 57.4 Å². The van der Waals surface area contributed by atoms with Gasteiger partial charge >= 0.3 is 41.5 Å². The van der Waals surface area contributed by atoms with E-state index in [4.69, 9.17) is 9.47 Å². The zero-order chi connectivity index (χ0) is 39.4. The number of hydrogen-bond donors (Lipinski definition) is 0. The van der Waals surface area contributed by atoms with Gasteiger partial charge < -0.3 is 14.0 Å². The first-order valence-electron chi connectivity index (χ1n) is 22.1. The summed E-state index contributed by atoms with van der Waals surface area (Å²) < 4.78 is 46.7. The minimum absolute atomic E-state index is 0. The van der Waals surface area contributed by atoms with Gasteiger partial charge in [-0.1, -0.05) is 160 Å². The van der Waals surface area contributed by atoms with Crippen LogP contribution < -0.4 is 29.6 Å². The van der Waals surface area contributed by atoms with E-state index in [9.17, 15) is 22.6 Å². The molecule has 310 valence electrons. The van der Waals surface area contributed by atoms with E-state index in [1.165, 1.54) is 141 Å². The molecule has 0 saturated heterocycles. The Bertz CT molecular complexity index is 1240. The Morgan fingerprint density at radius 1 is 0.509 bits per heavy atom. The van der Waals surface area contributed by atoms with Gasteiger partial charge in [-0.2, -0.15) is 0 Å². The summed E-state index contributed by atoms with van der Waals surface area (Å²) in [5, 5.41) is 0. The van der Waals surface area contributed by atoms with E-state index < -0.39 is 32.5 Å². The molecule has 0 saturated carbocycles. The number of hydrogen-bond acceptors (Lipinski definition) is 7. The summed E-state index contributed by atoms with van der Waals surface area (Å²) >= 11 is 0. The van der Waals surface area contributed by atoms with Crippen LogP contribution in [0.2, 0.25) is 0 Å². The summed E-state index contributed by atoms with van der Waals surface area (Å²) in [6.07, 6.45) is 44.8. The molecule has 7 nitrogen and oxygen atoms in total. The second kappa shape index (κ2) is 38.1. The van der Waals surface area contributed by atoms with Crippen molar-refractivity contribution in [3.63, 3.8) is 0 Å². The molecule has 0 unspecified atom stereocenters. The monoisotopic (exact) mass is 797 g/mol. The van der Waals surface area contributed by atoms with E-state index in [1.54, 1.807) is 0 Å². The molecule has 0 aliphatic heterocycles. The summed E-state index contributed by atoms with van der Waals surface area (Å²) in [4.78, 5) is 25.2. The summed E-state index contributed by atoms with van der Waals surface area (Å²) in [5.74, 6) is -1.84. The standard InChI is InChI=1S/C46H78O7S.Na/c1-3-5-7-9-11-13-15-17-19-21-23-25-27-29-31-33-35-40-52-45(47)42-38-37-39-43(54(49,50)51)44(42)46(48)53-41-36-34-32-30-28-26-24-22-20-18-16-14-12-10-8-6-4-2;/h25-28,37-39H,3-24,29-36,40-41H2,1-2H3,(H,49,50,51);/q;+1/p-1/b27-25+,28-26+;. The van der Waals surface area contributed by atoms with Crippen molar-refractivity contribution in [2.24, 2.45) is 0 Å². The molecule has 0 spiro atoms. The molecule has 0 N–H and O–H groups in total. The Morgan fingerprint density at radius 2 is 0.836 bits per heavy atom. The molecule has 0 fully saturated rings. The number of ether oxygens (including phenoxy) is 2. The van der Waals surface area contributed by atoms with Gasteiger partial charge in [0.1, 0.15) is 10.1 Å². The maximum atomic E-state index is 13.0.